The third-order valence-corrected chi connectivity index (χ3v) is 7.13. The van der Waals surface area contributed by atoms with Crippen LogP contribution in [0, 0.1) is 23.4 Å². The van der Waals surface area contributed by atoms with Crippen LogP contribution in [-0.2, 0) is 4.79 Å². The average molecular weight is 488 g/mol. The van der Waals surface area contributed by atoms with Crippen molar-refractivity contribution in [1.82, 2.24) is 15.1 Å². The first-order chi connectivity index (χ1) is 16.8. The lowest BCUT2D eigenvalue weighted by Crippen LogP contribution is -2.49. The van der Waals surface area contributed by atoms with Crippen LogP contribution in [0.15, 0.2) is 42.5 Å². The highest BCUT2D eigenvalue weighted by atomic mass is 19.2. The number of hydrogen-bond donors (Lipinski definition) is 1. The number of piperidine rings is 2. The van der Waals surface area contributed by atoms with Crippen molar-refractivity contribution in [2.45, 2.75) is 51.0 Å². The molecule has 0 spiro atoms. The molecule has 0 unspecified atom stereocenters. The van der Waals surface area contributed by atoms with E-state index in [-0.39, 0.29) is 24.1 Å². The van der Waals surface area contributed by atoms with E-state index in [0.717, 1.165) is 51.0 Å². The van der Waals surface area contributed by atoms with Gasteiger partial charge in [0.25, 0.3) is 0 Å². The summed E-state index contributed by atoms with van der Waals surface area (Å²) in [5.74, 6) is -1.99. The normalized spacial score (nSPS) is 21.8. The summed E-state index contributed by atoms with van der Waals surface area (Å²) < 4.78 is 40.4. The van der Waals surface area contributed by atoms with Gasteiger partial charge in [-0.1, -0.05) is 25.1 Å². The van der Waals surface area contributed by atoms with Crippen molar-refractivity contribution in [3.05, 3.63) is 71.0 Å². The van der Waals surface area contributed by atoms with Gasteiger partial charge >= 0.3 is 6.03 Å². The van der Waals surface area contributed by atoms with Gasteiger partial charge in [0.2, 0.25) is 5.91 Å². The number of amides is 3. The van der Waals surface area contributed by atoms with Crippen LogP contribution in [-0.4, -0.2) is 47.9 Å². The lowest BCUT2D eigenvalue weighted by atomic mass is 9.88. The molecule has 3 amide bonds. The molecule has 0 saturated carbocycles. The Labute approximate surface area is 204 Å². The standard InChI is InChI=1S/C27H32F3N3O2/c1-18-15-25(21-5-8-23(29)24(30)17-21)33(26(34)16-18)27(35)31-11-2-12-32-13-9-20(10-14-32)19-3-6-22(28)7-4-19/h3-8,17-18,20,25H,2,9-16H2,1H3,(H,31,35)/t18-,25-/m1/s1. The van der Waals surface area contributed by atoms with E-state index in [1.54, 1.807) is 0 Å². The number of benzene rings is 2. The summed E-state index contributed by atoms with van der Waals surface area (Å²) in [6.07, 6.45) is 3.51. The van der Waals surface area contributed by atoms with Crippen LogP contribution in [0.25, 0.3) is 0 Å². The Bertz CT molecular complexity index is 1040. The maximum Gasteiger partial charge on any atom is 0.324 e. The number of urea groups is 1. The van der Waals surface area contributed by atoms with Crippen LogP contribution in [0.4, 0.5) is 18.0 Å². The fraction of sp³-hybridized carbons (Fsp3) is 0.481. The Morgan fingerprint density at radius 1 is 1.00 bits per heavy atom. The molecule has 8 heteroatoms. The third-order valence-electron chi connectivity index (χ3n) is 7.13. The second kappa shape index (κ2) is 11.2. The summed E-state index contributed by atoms with van der Waals surface area (Å²) in [4.78, 5) is 29.1. The van der Waals surface area contributed by atoms with Crippen molar-refractivity contribution < 1.29 is 22.8 Å². The molecule has 5 nitrogen and oxygen atoms in total. The number of imide groups is 1. The summed E-state index contributed by atoms with van der Waals surface area (Å²) in [7, 11) is 0. The minimum atomic E-state index is -0.989. The van der Waals surface area contributed by atoms with Gasteiger partial charge in [-0.25, -0.2) is 18.0 Å². The number of halogens is 3. The largest absolute Gasteiger partial charge is 0.338 e. The van der Waals surface area contributed by atoms with E-state index in [0.29, 0.717) is 24.4 Å². The first-order valence-corrected chi connectivity index (χ1v) is 12.3. The average Bonchev–Trinajstić information content (AvgIpc) is 2.84. The maximum atomic E-state index is 13.8. The first kappa shape index (κ1) is 25.2. The first-order valence-electron chi connectivity index (χ1n) is 12.3. The topological polar surface area (TPSA) is 52.7 Å². The number of hydrogen-bond acceptors (Lipinski definition) is 3. The summed E-state index contributed by atoms with van der Waals surface area (Å²) >= 11 is 0. The smallest absolute Gasteiger partial charge is 0.324 e. The molecule has 188 valence electrons. The van der Waals surface area contributed by atoms with Crippen molar-refractivity contribution in [3.63, 3.8) is 0 Å². The van der Waals surface area contributed by atoms with Crippen LogP contribution in [0.1, 0.15) is 62.1 Å². The summed E-state index contributed by atoms with van der Waals surface area (Å²) in [5.41, 5.74) is 1.59. The van der Waals surface area contributed by atoms with Gasteiger partial charge in [0, 0.05) is 13.0 Å². The molecular formula is C27H32F3N3O2. The van der Waals surface area contributed by atoms with Crippen molar-refractivity contribution in [2.75, 3.05) is 26.2 Å². The molecule has 2 aromatic rings. The molecule has 35 heavy (non-hydrogen) atoms. The quantitative estimate of drug-likeness (QED) is 0.557. The highest BCUT2D eigenvalue weighted by Crippen LogP contribution is 2.35. The molecule has 0 aliphatic carbocycles. The molecule has 4 rings (SSSR count). The van der Waals surface area contributed by atoms with Gasteiger partial charge in [-0.05, 0) is 92.5 Å². The van der Waals surface area contributed by atoms with Gasteiger partial charge in [0.1, 0.15) is 5.82 Å². The van der Waals surface area contributed by atoms with Crippen LogP contribution in [0.2, 0.25) is 0 Å². The van der Waals surface area contributed by atoms with E-state index in [9.17, 15) is 22.8 Å². The highest BCUT2D eigenvalue weighted by Gasteiger charge is 2.37. The molecular weight excluding hydrogens is 455 g/mol. The summed E-state index contributed by atoms with van der Waals surface area (Å²) in [5, 5.41) is 2.84. The Morgan fingerprint density at radius 3 is 2.37 bits per heavy atom. The van der Waals surface area contributed by atoms with Gasteiger partial charge in [-0.3, -0.25) is 9.69 Å². The van der Waals surface area contributed by atoms with Crippen molar-refractivity contribution >= 4 is 11.9 Å². The lowest BCUT2D eigenvalue weighted by molar-refractivity contribution is -0.134. The molecule has 2 heterocycles. The van der Waals surface area contributed by atoms with Crippen LogP contribution in [0.5, 0.6) is 0 Å². The molecule has 0 aromatic heterocycles. The minimum Gasteiger partial charge on any atom is -0.338 e. The van der Waals surface area contributed by atoms with Crippen LogP contribution in [0.3, 0.4) is 0 Å². The maximum absolute atomic E-state index is 13.8. The van der Waals surface area contributed by atoms with Crippen LogP contribution < -0.4 is 5.32 Å². The second-order valence-corrected chi connectivity index (χ2v) is 9.75. The second-order valence-electron chi connectivity index (χ2n) is 9.75. The van der Waals surface area contributed by atoms with Gasteiger partial charge < -0.3 is 10.2 Å². The van der Waals surface area contributed by atoms with E-state index in [4.69, 9.17) is 0 Å². The molecule has 1 N–H and O–H groups in total. The Balaban J connectivity index is 1.26. The number of carbonyl (C=O) groups is 2. The predicted molar refractivity (Wildman–Crippen MR) is 127 cm³/mol. The number of likely N-dealkylation sites (tertiary alicyclic amines) is 2. The molecule has 2 aromatic carbocycles. The predicted octanol–water partition coefficient (Wildman–Crippen LogP) is 5.38. The minimum absolute atomic E-state index is 0.0440. The zero-order chi connectivity index (χ0) is 24.9. The molecule has 2 saturated heterocycles. The number of nitrogens with zero attached hydrogens (tertiary/aromatic N) is 2. The monoisotopic (exact) mass is 487 g/mol. The SMILES string of the molecule is C[C@H]1CC(=O)N(C(=O)NCCCN2CCC(c3ccc(F)cc3)CC2)[C@@H](c2ccc(F)c(F)c2)C1. The highest BCUT2D eigenvalue weighted by molar-refractivity contribution is 5.95. The molecule has 2 fully saturated rings. The Kier molecular flexibility index (Phi) is 8.11. The van der Waals surface area contributed by atoms with Crippen molar-refractivity contribution in [2.24, 2.45) is 5.92 Å². The molecule has 0 bridgehead atoms. The Morgan fingerprint density at radius 2 is 1.69 bits per heavy atom. The molecule has 2 aliphatic heterocycles. The van der Waals surface area contributed by atoms with Crippen molar-refractivity contribution in [3.8, 4) is 0 Å². The summed E-state index contributed by atoms with van der Waals surface area (Å²) in [6, 6.07) is 9.17. The fourth-order valence-electron chi connectivity index (χ4n) is 5.21. The van der Waals surface area contributed by atoms with E-state index in [2.05, 4.69) is 10.2 Å². The van der Waals surface area contributed by atoms with Gasteiger partial charge in [-0.2, -0.15) is 0 Å². The Hall–Kier alpha value is -2.87. The van der Waals surface area contributed by atoms with E-state index >= 15 is 0 Å². The fourth-order valence-corrected chi connectivity index (χ4v) is 5.21. The van der Waals surface area contributed by atoms with Crippen LogP contribution >= 0.6 is 0 Å². The number of nitrogens with one attached hydrogen (secondary N) is 1. The molecule has 2 atom stereocenters. The molecule has 0 radical (unpaired) electrons. The lowest BCUT2D eigenvalue weighted by Gasteiger charge is -2.37. The van der Waals surface area contributed by atoms with E-state index in [1.165, 1.54) is 28.7 Å². The van der Waals surface area contributed by atoms with Gasteiger partial charge in [-0.15, -0.1) is 0 Å². The van der Waals surface area contributed by atoms with Gasteiger partial charge in [0.05, 0.1) is 6.04 Å². The summed E-state index contributed by atoms with van der Waals surface area (Å²) in [6.45, 7) is 5.04. The van der Waals surface area contributed by atoms with Crippen molar-refractivity contribution in [1.29, 1.82) is 0 Å². The molecule has 2 aliphatic rings. The number of carbonyl (C=O) groups excluding carboxylic acids is 2. The zero-order valence-corrected chi connectivity index (χ0v) is 20.0. The van der Waals surface area contributed by atoms with Gasteiger partial charge in [0.15, 0.2) is 11.6 Å². The van der Waals surface area contributed by atoms with E-state index < -0.39 is 23.7 Å². The number of rotatable bonds is 6. The third kappa shape index (κ3) is 6.23. The zero-order valence-electron chi connectivity index (χ0n) is 20.0. The van der Waals surface area contributed by atoms with E-state index in [1.807, 2.05) is 19.1 Å².